The van der Waals surface area contributed by atoms with Crippen molar-refractivity contribution in [2.75, 3.05) is 6.54 Å². The van der Waals surface area contributed by atoms with Gasteiger partial charge in [-0.15, -0.1) is 11.3 Å². The Bertz CT molecular complexity index is 505. The van der Waals surface area contributed by atoms with Crippen LogP contribution in [0.2, 0.25) is 0 Å². The topological polar surface area (TPSA) is 24.9 Å². The molecule has 0 aliphatic heterocycles. The number of thiazole rings is 1. The van der Waals surface area contributed by atoms with Gasteiger partial charge in [-0.05, 0) is 37.0 Å². The molecular formula is C15H17FN2S. The van der Waals surface area contributed by atoms with Crippen molar-refractivity contribution < 1.29 is 4.39 Å². The molecule has 1 saturated carbocycles. The van der Waals surface area contributed by atoms with Gasteiger partial charge in [0.05, 0.1) is 5.51 Å². The normalized spacial score (nSPS) is 16.5. The van der Waals surface area contributed by atoms with Gasteiger partial charge < -0.3 is 5.32 Å². The van der Waals surface area contributed by atoms with Crippen LogP contribution in [0.3, 0.4) is 0 Å². The van der Waals surface area contributed by atoms with Crippen LogP contribution < -0.4 is 5.32 Å². The summed E-state index contributed by atoms with van der Waals surface area (Å²) in [5.41, 5.74) is 3.06. The summed E-state index contributed by atoms with van der Waals surface area (Å²) in [6.45, 7) is 0.953. The van der Waals surface area contributed by atoms with Gasteiger partial charge in [-0.2, -0.15) is 0 Å². The van der Waals surface area contributed by atoms with Gasteiger partial charge in [0.2, 0.25) is 0 Å². The van der Waals surface area contributed by atoms with E-state index in [0.717, 1.165) is 13.0 Å². The Balaban J connectivity index is 1.71. The van der Waals surface area contributed by atoms with E-state index in [1.807, 2.05) is 23.8 Å². The van der Waals surface area contributed by atoms with Crippen LogP contribution in [0.15, 0.2) is 36.0 Å². The number of rotatable bonds is 6. The lowest BCUT2D eigenvalue weighted by molar-refractivity contribution is 0.576. The van der Waals surface area contributed by atoms with Crippen molar-refractivity contribution in [3.05, 3.63) is 52.2 Å². The summed E-state index contributed by atoms with van der Waals surface area (Å²) in [4.78, 5) is 5.41. The van der Waals surface area contributed by atoms with Crippen molar-refractivity contribution >= 4 is 11.3 Å². The van der Waals surface area contributed by atoms with Gasteiger partial charge >= 0.3 is 0 Å². The lowest BCUT2D eigenvalue weighted by atomic mass is 9.95. The van der Waals surface area contributed by atoms with E-state index in [0.29, 0.717) is 12.0 Å². The molecule has 2 aromatic rings. The fourth-order valence-electron chi connectivity index (χ4n) is 2.22. The second-order valence-corrected chi connectivity index (χ2v) is 6.07. The van der Waals surface area contributed by atoms with Gasteiger partial charge in [0.15, 0.2) is 0 Å². The van der Waals surface area contributed by atoms with Gasteiger partial charge in [0, 0.05) is 29.6 Å². The molecule has 1 aliphatic rings. The SMILES string of the molecule is Fc1ccc(C(CNC2CC2)Cc2cncs2)cc1. The molecule has 1 unspecified atom stereocenters. The maximum Gasteiger partial charge on any atom is 0.123 e. The third-order valence-corrected chi connectivity index (χ3v) is 4.30. The molecule has 1 heterocycles. The molecule has 1 atom stereocenters. The van der Waals surface area contributed by atoms with Crippen molar-refractivity contribution in [1.29, 1.82) is 0 Å². The quantitative estimate of drug-likeness (QED) is 0.875. The molecule has 0 spiro atoms. The minimum Gasteiger partial charge on any atom is -0.313 e. The molecule has 1 N–H and O–H groups in total. The summed E-state index contributed by atoms with van der Waals surface area (Å²) in [7, 11) is 0. The van der Waals surface area contributed by atoms with Crippen molar-refractivity contribution in [1.82, 2.24) is 10.3 Å². The maximum absolute atomic E-state index is 13.0. The van der Waals surface area contributed by atoms with Crippen molar-refractivity contribution in [3.8, 4) is 0 Å². The third kappa shape index (κ3) is 3.61. The fraction of sp³-hybridized carbons (Fsp3) is 0.400. The minimum atomic E-state index is -0.171. The van der Waals surface area contributed by atoms with Gasteiger partial charge in [-0.1, -0.05) is 12.1 Å². The first-order valence-electron chi connectivity index (χ1n) is 6.67. The monoisotopic (exact) mass is 276 g/mol. The number of aromatic nitrogens is 1. The molecule has 1 aromatic carbocycles. The molecular weight excluding hydrogens is 259 g/mol. The molecule has 0 amide bonds. The first-order valence-corrected chi connectivity index (χ1v) is 7.55. The van der Waals surface area contributed by atoms with Crippen LogP contribution in [0.25, 0.3) is 0 Å². The second kappa shape index (κ2) is 5.80. The highest BCUT2D eigenvalue weighted by molar-refractivity contribution is 7.09. The third-order valence-electron chi connectivity index (χ3n) is 3.50. The van der Waals surface area contributed by atoms with Gasteiger partial charge in [0.25, 0.3) is 0 Å². The maximum atomic E-state index is 13.0. The highest BCUT2D eigenvalue weighted by Crippen LogP contribution is 2.25. The van der Waals surface area contributed by atoms with Crippen LogP contribution in [0.4, 0.5) is 4.39 Å². The molecule has 1 fully saturated rings. The van der Waals surface area contributed by atoms with Gasteiger partial charge in [-0.3, -0.25) is 4.98 Å². The zero-order valence-corrected chi connectivity index (χ0v) is 11.5. The number of hydrogen-bond donors (Lipinski definition) is 1. The van der Waals surface area contributed by atoms with E-state index in [2.05, 4.69) is 10.3 Å². The minimum absolute atomic E-state index is 0.171. The highest BCUT2D eigenvalue weighted by atomic mass is 32.1. The molecule has 0 bridgehead atoms. The zero-order valence-electron chi connectivity index (χ0n) is 10.7. The Morgan fingerprint density at radius 2 is 2.11 bits per heavy atom. The van der Waals surface area contributed by atoms with Crippen LogP contribution in [0, 0.1) is 5.82 Å². The van der Waals surface area contributed by atoms with Crippen LogP contribution in [-0.4, -0.2) is 17.6 Å². The molecule has 0 saturated heterocycles. The van der Waals surface area contributed by atoms with Gasteiger partial charge in [-0.25, -0.2) is 4.39 Å². The van der Waals surface area contributed by atoms with Crippen LogP contribution in [0.1, 0.15) is 29.2 Å². The van der Waals surface area contributed by atoms with Crippen molar-refractivity contribution in [3.63, 3.8) is 0 Å². The standard InChI is InChI=1S/C15H17FN2S/c16-13-3-1-11(2-4-13)12(8-18-14-5-6-14)7-15-9-17-10-19-15/h1-4,9-10,12,14,18H,5-8H2. The number of hydrogen-bond acceptors (Lipinski definition) is 3. The Morgan fingerprint density at radius 1 is 1.32 bits per heavy atom. The molecule has 2 nitrogen and oxygen atoms in total. The van der Waals surface area contributed by atoms with Crippen LogP contribution in [0.5, 0.6) is 0 Å². The molecule has 1 aromatic heterocycles. The number of halogens is 1. The van der Waals surface area contributed by atoms with E-state index < -0.39 is 0 Å². The highest BCUT2D eigenvalue weighted by Gasteiger charge is 2.22. The van der Waals surface area contributed by atoms with E-state index in [-0.39, 0.29) is 5.82 Å². The van der Waals surface area contributed by atoms with Crippen LogP contribution >= 0.6 is 11.3 Å². The summed E-state index contributed by atoms with van der Waals surface area (Å²) in [6.07, 6.45) is 5.47. The Morgan fingerprint density at radius 3 is 2.74 bits per heavy atom. The largest absolute Gasteiger partial charge is 0.313 e. The van der Waals surface area contributed by atoms with E-state index in [1.54, 1.807) is 23.5 Å². The molecule has 3 rings (SSSR count). The summed E-state index contributed by atoms with van der Waals surface area (Å²) >= 11 is 1.69. The summed E-state index contributed by atoms with van der Waals surface area (Å²) in [6, 6.07) is 7.59. The molecule has 0 radical (unpaired) electrons. The molecule has 4 heteroatoms. The lowest BCUT2D eigenvalue weighted by Gasteiger charge is -2.17. The van der Waals surface area contributed by atoms with E-state index in [1.165, 1.54) is 23.3 Å². The molecule has 1 aliphatic carbocycles. The summed E-state index contributed by atoms with van der Waals surface area (Å²) in [5, 5.41) is 3.57. The fourth-order valence-corrected chi connectivity index (χ4v) is 2.90. The van der Waals surface area contributed by atoms with E-state index in [9.17, 15) is 4.39 Å². The molecule has 19 heavy (non-hydrogen) atoms. The predicted molar refractivity (Wildman–Crippen MR) is 76.0 cm³/mol. The number of benzene rings is 1. The number of nitrogens with zero attached hydrogens (tertiary/aromatic N) is 1. The van der Waals surface area contributed by atoms with E-state index in [4.69, 9.17) is 0 Å². The Labute approximate surface area is 116 Å². The van der Waals surface area contributed by atoms with Crippen molar-refractivity contribution in [2.45, 2.75) is 31.2 Å². The molecule has 100 valence electrons. The average Bonchev–Trinajstić information content (AvgIpc) is 3.11. The van der Waals surface area contributed by atoms with Crippen LogP contribution in [-0.2, 0) is 6.42 Å². The summed E-state index contributed by atoms with van der Waals surface area (Å²) < 4.78 is 13.0. The average molecular weight is 276 g/mol. The lowest BCUT2D eigenvalue weighted by Crippen LogP contribution is -2.24. The van der Waals surface area contributed by atoms with Gasteiger partial charge in [0.1, 0.15) is 5.82 Å². The zero-order chi connectivity index (χ0) is 13.1. The predicted octanol–water partition coefficient (Wildman–Crippen LogP) is 3.36. The Kier molecular flexibility index (Phi) is 3.89. The Hall–Kier alpha value is -1.26. The first kappa shape index (κ1) is 12.8. The van der Waals surface area contributed by atoms with Crippen molar-refractivity contribution in [2.24, 2.45) is 0 Å². The smallest absolute Gasteiger partial charge is 0.123 e. The number of nitrogens with one attached hydrogen (secondary N) is 1. The summed E-state index contributed by atoms with van der Waals surface area (Å²) in [5.74, 6) is 0.220. The van der Waals surface area contributed by atoms with E-state index >= 15 is 0 Å². The second-order valence-electron chi connectivity index (χ2n) is 5.10. The first-order chi connectivity index (χ1) is 9.31.